The van der Waals surface area contributed by atoms with Crippen molar-refractivity contribution < 1.29 is 9.53 Å². The van der Waals surface area contributed by atoms with E-state index in [0.29, 0.717) is 12.4 Å². The van der Waals surface area contributed by atoms with E-state index >= 15 is 0 Å². The molecule has 0 saturated heterocycles. The second-order valence-electron chi connectivity index (χ2n) is 4.07. The lowest BCUT2D eigenvalue weighted by molar-refractivity contribution is -0.125. The molecule has 1 aromatic heterocycles. The molecule has 2 unspecified atom stereocenters. The zero-order valence-corrected chi connectivity index (χ0v) is 10.4. The van der Waals surface area contributed by atoms with Gasteiger partial charge in [-0.15, -0.1) is 0 Å². The topological polar surface area (TPSA) is 77.2 Å². The summed E-state index contributed by atoms with van der Waals surface area (Å²) in [6.45, 7) is 4.08. The van der Waals surface area contributed by atoms with Gasteiger partial charge in [0.2, 0.25) is 11.8 Å². The molecule has 3 N–H and O–H groups in total. The highest BCUT2D eigenvalue weighted by Crippen LogP contribution is 2.08. The molecule has 0 bridgehead atoms. The van der Waals surface area contributed by atoms with Crippen molar-refractivity contribution in [3.63, 3.8) is 0 Å². The van der Waals surface area contributed by atoms with Crippen LogP contribution in [0.15, 0.2) is 18.3 Å². The van der Waals surface area contributed by atoms with E-state index in [1.165, 1.54) is 0 Å². The molecule has 5 nitrogen and oxygen atoms in total. The number of methoxy groups -OCH3 is 1. The van der Waals surface area contributed by atoms with E-state index in [2.05, 4.69) is 10.3 Å². The Hall–Kier alpha value is -1.62. The number of hydrogen-bond donors (Lipinski definition) is 2. The predicted molar refractivity (Wildman–Crippen MR) is 65.4 cm³/mol. The van der Waals surface area contributed by atoms with Crippen LogP contribution in [0.1, 0.15) is 19.4 Å². The third kappa shape index (κ3) is 4.03. The Bertz CT molecular complexity index is 380. The highest BCUT2D eigenvalue weighted by Gasteiger charge is 2.16. The number of pyridine rings is 1. The number of nitrogens with one attached hydrogen (secondary N) is 1. The summed E-state index contributed by atoms with van der Waals surface area (Å²) in [5.41, 5.74) is 6.61. The van der Waals surface area contributed by atoms with Gasteiger partial charge in [0.25, 0.3) is 0 Å². The first-order valence-corrected chi connectivity index (χ1v) is 5.56. The third-order valence-electron chi connectivity index (χ3n) is 2.68. The van der Waals surface area contributed by atoms with Gasteiger partial charge in [-0.25, -0.2) is 4.98 Å². The average Bonchev–Trinajstić information content (AvgIpc) is 2.35. The Kier molecular flexibility index (Phi) is 4.90. The summed E-state index contributed by atoms with van der Waals surface area (Å²) in [7, 11) is 1.56. The molecule has 0 aliphatic rings. The summed E-state index contributed by atoms with van der Waals surface area (Å²) >= 11 is 0. The number of amides is 1. The van der Waals surface area contributed by atoms with E-state index in [9.17, 15) is 4.79 Å². The van der Waals surface area contributed by atoms with E-state index in [1.807, 2.05) is 19.9 Å². The van der Waals surface area contributed by atoms with Crippen LogP contribution in [0.5, 0.6) is 5.88 Å². The van der Waals surface area contributed by atoms with Crippen molar-refractivity contribution in [2.45, 2.75) is 26.4 Å². The molecule has 0 radical (unpaired) electrons. The number of aromatic nitrogens is 1. The van der Waals surface area contributed by atoms with Crippen molar-refractivity contribution in [3.05, 3.63) is 23.9 Å². The lowest BCUT2D eigenvalue weighted by Gasteiger charge is -2.15. The van der Waals surface area contributed by atoms with Crippen LogP contribution in [0.3, 0.4) is 0 Å². The van der Waals surface area contributed by atoms with Gasteiger partial charge in [-0.1, -0.05) is 6.92 Å². The molecular weight excluding hydrogens is 218 g/mol. The van der Waals surface area contributed by atoms with E-state index in [1.54, 1.807) is 19.4 Å². The molecule has 1 rings (SSSR count). The number of rotatable bonds is 5. The van der Waals surface area contributed by atoms with E-state index < -0.39 is 0 Å². The van der Waals surface area contributed by atoms with Gasteiger partial charge in [0, 0.05) is 30.8 Å². The average molecular weight is 237 g/mol. The van der Waals surface area contributed by atoms with Gasteiger partial charge in [-0.05, 0) is 18.6 Å². The van der Waals surface area contributed by atoms with Gasteiger partial charge in [0.1, 0.15) is 0 Å². The van der Waals surface area contributed by atoms with Gasteiger partial charge in [0.15, 0.2) is 0 Å². The van der Waals surface area contributed by atoms with Crippen LogP contribution in [0.2, 0.25) is 0 Å². The first-order chi connectivity index (χ1) is 8.04. The molecule has 0 aromatic carbocycles. The quantitative estimate of drug-likeness (QED) is 0.790. The van der Waals surface area contributed by atoms with Gasteiger partial charge >= 0.3 is 0 Å². The van der Waals surface area contributed by atoms with E-state index in [4.69, 9.17) is 10.5 Å². The Labute approximate surface area is 101 Å². The van der Waals surface area contributed by atoms with Gasteiger partial charge in [-0.3, -0.25) is 4.79 Å². The first kappa shape index (κ1) is 13.4. The Morgan fingerprint density at radius 2 is 2.29 bits per heavy atom. The predicted octanol–water partition coefficient (Wildman–Crippen LogP) is 0.690. The van der Waals surface area contributed by atoms with E-state index in [-0.39, 0.29) is 17.9 Å². The number of carbonyl (C=O) groups is 1. The number of hydrogen-bond acceptors (Lipinski definition) is 4. The molecule has 0 saturated carbocycles. The minimum atomic E-state index is -0.196. The lowest BCUT2D eigenvalue weighted by atomic mass is 10.0. The Balaban J connectivity index is 2.52. The van der Waals surface area contributed by atoms with Crippen LogP contribution in [-0.4, -0.2) is 24.0 Å². The fourth-order valence-electron chi connectivity index (χ4n) is 1.26. The summed E-state index contributed by atoms with van der Waals surface area (Å²) in [5.74, 6) is 0.298. The number of nitrogens with zero attached hydrogens (tertiary/aromatic N) is 1. The van der Waals surface area contributed by atoms with Crippen LogP contribution in [0.4, 0.5) is 0 Å². The molecule has 2 atom stereocenters. The summed E-state index contributed by atoms with van der Waals surface area (Å²) in [5, 5.41) is 2.83. The smallest absolute Gasteiger partial charge is 0.224 e. The lowest BCUT2D eigenvalue weighted by Crippen LogP contribution is -2.38. The molecule has 1 aromatic rings. The molecule has 0 fully saturated rings. The van der Waals surface area contributed by atoms with Crippen molar-refractivity contribution in [2.75, 3.05) is 7.11 Å². The Morgan fingerprint density at radius 3 is 2.88 bits per heavy atom. The molecule has 0 spiro atoms. The fourth-order valence-corrected chi connectivity index (χ4v) is 1.26. The highest BCUT2D eigenvalue weighted by atomic mass is 16.5. The largest absolute Gasteiger partial charge is 0.481 e. The highest BCUT2D eigenvalue weighted by molar-refractivity contribution is 5.78. The minimum Gasteiger partial charge on any atom is -0.481 e. The molecule has 1 amide bonds. The maximum absolute atomic E-state index is 11.7. The van der Waals surface area contributed by atoms with Crippen LogP contribution in [0, 0.1) is 5.92 Å². The number of carbonyl (C=O) groups excluding carboxylic acids is 1. The van der Waals surface area contributed by atoms with Gasteiger partial charge in [-0.2, -0.15) is 0 Å². The fraction of sp³-hybridized carbons (Fsp3) is 0.500. The van der Waals surface area contributed by atoms with Crippen molar-refractivity contribution in [1.82, 2.24) is 10.3 Å². The van der Waals surface area contributed by atoms with Gasteiger partial charge in [0.05, 0.1) is 7.11 Å². The molecule has 0 aliphatic carbocycles. The van der Waals surface area contributed by atoms with Gasteiger partial charge < -0.3 is 15.8 Å². The summed E-state index contributed by atoms with van der Waals surface area (Å²) in [4.78, 5) is 15.7. The molecule has 0 aliphatic heterocycles. The Morgan fingerprint density at radius 1 is 1.59 bits per heavy atom. The van der Waals surface area contributed by atoms with Crippen molar-refractivity contribution in [3.8, 4) is 5.88 Å². The minimum absolute atomic E-state index is 0.0456. The van der Waals surface area contributed by atoms with Crippen LogP contribution < -0.4 is 15.8 Å². The van der Waals surface area contributed by atoms with Crippen molar-refractivity contribution >= 4 is 5.91 Å². The second-order valence-corrected chi connectivity index (χ2v) is 4.07. The summed E-state index contributed by atoms with van der Waals surface area (Å²) < 4.78 is 5.00. The van der Waals surface area contributed by atoms with Crippen LogP contribution in [-0.2, 0) is 11.3 Å². The zero-order valence-electron chi connectivity index (χ0n) is 10.4. The monoisotopic (exact) mass is 237 g/mol. The normalized spacial score (nSPS) is 13.9. The molecule has 1 heterocycles. The maximum atomic E-state index is 11.7. The standard InChI is InChI=1S/C12H19N3O2/c1-8(9(2)13)12(16)15-7-10-4-5-14-11(6-10)17-3/h4-6,8-9H,7,13H2,1-3H3,(H,15,16). The van der Waals surface area contributed by atoms with Crippen LogP contribution in [0.25, 0.3) is 0 Å². The second kappa shape index (κ2) is 6.20. The summed E-state index contributed by atoms with van der Waals surface area (Å²) in [6, 6.07) is 3.47. The third-order valence-corrected chi connectivity index (χ3v) is 2.68. The molecular formula is C12H19N3O2. The molecule has 94 valence electrons. The number of nitrogens with two attached hydrogens (primary N) is 1. The summed E-state index contributed by atoms with van der Waals surface area (Å²) in [6.07, 6.45) is 1.65. The molecule has 5 heteroatoms. The number of ether oxygens (including phenoxy) is 1. The molecule has 17 heavy (non-hydrogen) atoms. The SMILES string of the molecule is COc1cc(CNC(=O)C(C)C(C)N)ccn1. The first-order valence-electron chi connectivity index (χ1n) is 5.56. The van der Waals surface area contributed by atoms with Crippen molar-refractivity contribution in [1.29, 1.82) is 0 Å². The van der Waals surface area contributed by atoms with Crippen molar-refractivity contribution in [2.24, 2.45) is 11.7 Å². The van der Waals surface area contributed by atoms with E-state index in [0.717, 1.165) is 5.56 Å². The zero-order chi connectivity index (χ0) is 12.8. The maximum Gasteiger partial charge on any atom is 0.224 e. The van der Waals surface area contributed by atoms with Crippen LogP contribution >= 0.6 is 0 Å².